The number of nitro groups is 1. The van der Waals surface area contributed by atoms with E-state index in [0.29, 0.717) is 16.7 Å². The van der Waals surface area contributed by atoms with Crippen LogP contribution in [0.2, 0.25) is 0 Å². The van der Waals surface area contributed by atoms with Crippen LogP contribution in [0.5, 0.6) is 0 Å². The average Bonchev–Trinajstić information content (AvgIpc) is 2.74. The van der Waals surface area contributed by atoms with Crippen molar-refractivity contribution < 1.29 is 18.5 Å². The highest BCUT2D eigenvalue weighted by Gasteiger charge is 2.16. The highest BCUT2D eigenvalue weighted by Crippen LogP contribution is 2.24. The SMILES string of the molecule is O=C(Nc1ccc(F)c([N+](=O)[O-])c1)c1cccc(-c2cc3ccccc3oc2=O)c1. The number of carbonyl (C=O) groups excluding carboxylic acids is 1. The van der Waals surface area contributed by atoms with Gasteiger partial charge in [-0.05, 0) is 42.0 Å². The minimum absolute atomic E-state index is 0.0729. The van der Waals surface area contributed by atoms with Gasteiger partial charge in [-0.2, -0.15) is 4.39 Å². The summed E-state index contributed by atoms with van der Waals surface area (Å²) in [6, 6.07) is 18.1. The third-order valence-corrected chi connectivity index (χ3v) is 4.48. The molecule has 1 N–H and O–H groups in total. The first-order chi connectivity index (χ1) is 14.4. The van der Waals surface area contributed by atoms with Gasteiger partial charge in [-0.25, -0.2) is 4.79 Å². The fourth-order valence-corrected chi connectivity index (χ4v) is 3.02. The number of para-hydroxylation sites is 1. The Morgan fingerprint density at radius 2 is 1.80 bits per heavy atom. The summed E-state index contributed by atoms with van der Waals surface area (Å²) in [5.41, 5.74) is 0.234. The zero-order valence-electron chi connectivity index (χ0n) is 15.3. The molecule has 3 aromatic carbocycles. The van der Waals surface area contributed by atoms with Crippen molar-refractivity contribution in [3.05, 3.63) is 105 Å². The summed E-state index contributed by atoms with van der Waals surface area (Å²) < 4.78 is 18.8. The Kier molecular flexibility index (Phi) is 4.81. The van der Waals surface area contributed by atoms with Gasteiger partial charge in [-0.3, -0.25) is 14.9 Å². The molecular formula is C22H13FN2O5. The van der Waals surface area contributed by atoms with Gasteiger partial charge in [0.2, 0.25) is 5.82 Å². The molecule has 7 nitrogen and oxygen atoms in total. The number of benzene rings is 3. The summed E-state index contributed by atoms with van der Waals surface area (Å²) in [6.07, 6.45) is 0. The maximum Gasteiger partial charge on any atom is 0.344 e. The van der Waals surface area contributed by atoms with E-state index < -0.39 is 28.0 Å². The van der Waals surface area contributed by atoms with Crippen molar-refractivity contribution in [3.63, 3.8) is 0 Å². The van der Waals surface area contributed by atoms with E-state index >= 15 is 0 Å². The molecule has 0 saturated heterocycles. The van der Waals surface area contributed by atoms with Gasteiger partial charge in [0, 0.05) is 22.7 Å². The molecule has 8 heteroatoms. The van der Waals surface area contributed by atoms with Crippen LogP contribution in [-0.4, -0.2) is 10.8 Å². The van der Waals surface area contributed by atoms with E-state index in [-0.39, 0.29) is 11.3 Å². The number of nitrogens with zero attached hydrogens (tertiary/aromatic N) is 1. The predicted octanol–water partition coefficient (Wildman–Crippen LogP) is 4.76. The Morgan fingerprint density at radius 1 is 1.00 bits per heavy atom. The van der Waals surface area contributed by atoms with Gasteiger partial charge in [0.1, 0.15) is 5.58 Å². The summed E-state index contributed by atoms with van der Waals surface area (Å²) in [6.45, 7) is 0. The number of amides is 1. The maximum absolute atomic E-state index is 13.5. The molecule has 0 spiro atoms. The Labute approximate surface area is 168 Å². The number of nitrogens with one attached hydrogen (secondary N) is 1. The number of hydrogen-bond donors (Lipinski definition) is 1. The van der Waals surface area contributed by atoms with E-state index in [1.54, 1.807) is 36.4 Å². The van der Waals surface area contributed by atoms with E-state index in [2.05, 4.69) is 5.32 Å². The van der Waals surface area contributed by atoms with E-state index in [4.69, 9.17) is 4.42 Å². The lowest BCUT2D eigenvalue weighted by Crippen LogP contribution is -2.12. The third kappa shape index (κ3) is 3.66. The molecule has 0 bridgehead atoms. The molecule has 4 rings (SSSR count). The molecule has 0 radical (unpaired) electrons. The normalized spacial score (nSPS) is 10.7. The standard InChI is InChI=1S/C22H13FN2O5/c23-18-9-8-16(12-19(18)25(28)29)24-21(26)15-6-3-5-13(10-15)17-11-14-4-1-2-7-20(14)30-22(17)27/h1-12H,(H,24,26). The van der Waals surface area contributed by atoms with E-state index in [0.717, 1.165) is 17.5 Å². The fraction of sp³-hybridized carbons (Fsp3) is 0. The molecule has 0 saturated carbocycles. The summed E-state index contributed by atoms with van der Waals surface area (Å²) in [4.78, 5) is 35.0. The Morgan fingerprint density at radius 3 is 2.60 bits per heavy atom. The molecule has 0 aliphatic heterocycles. The summed E-state index contributed by atoms with van der Waals surface area (Å²) >= 11 is 0. The third-order valence-electron chi connectivity index (χ3n) is 4.48. The molecule has 1 amide bonds. The molecule has 0 atom stereocenters. The molecular weight excluding hydrogens is 391 g/mol. The van der Waals surface area contributed by atoms with E-state index in [1.807, 2.05) is 6.07 Å². The summed E-state index contributed by atoms with van der Waals surface area (Å²) in [5, 5.41) is 14.1. The predicted molar refractivity (Wildman–Crippen MR) is 109 cm³/mol. The minimum atomic E-state index is -0.997. The Bertz CT molecular complexity index is 1360. The number of rotatable bonds is 4. The molecule has 0 unspecified atom stereocenters. The smallest absolute Gasteiger partial charge is 0.344 e. The fourth-order valence-electron chi connectivity index (χ4n) is 3.02. The second-order valence-electron chi connectivity index (χ2n) is 6.44. The molecule has 148 valence electrons. The van der Waals surface area contributed by atoms with Crippen molar-refractivity contribution in [2.24, 2.45) is 0 Å². The van der Waals surface area contributed by atoms with Crippen molar-refractivity contribution in [1.29, 1.82) is 0 Å². The lowest BCUT2D eigenvalue weighted by molar-refractivity contribution is -0.387. The molecule has 0 aliphatic carbocycles. The minimum Gasteiger partial charge on any atom is -0.422 e. The van der Waals surface area contributed by atoms with Crippen LogP contribution in [0.4, 0.5) is 15.8 Å². The van der Waals surface area contributed by atoms with Gasteiger partial charge in [0.15, 0.2) is 0 Å². The van der Waals surface area contributed by atoms with Crippen molar-refractivity contribution in [2.45, 2.75) is 0 Å². The van der Waals surface area contributed by atoms with Crippen molar-refractivity contribution >= 4 is 28.3 Å². The second kappa shape index (κ2) is 7.59. The molecule has 0 aliphatic rings. The van der Waals surface area contributed by atoms with Gasteiger partial charge in [-0.1, -0.05) is 30.3 Å². The Balaban J connectivity index is 1.66. The summed E-state index contributed by atoms with van der Waals surface area (Å²) in [7, 11) is 0. The van der Waals surface area contributed by atoms with Crippen LogP contribution in [-0.2, 0) is 0 Å². The highest BCUT2D eigenvalue weighted by molar-refractivity contribution is 6.05. The monoisotopic (exact) mass is 404 g/mol. The first-order valence-corrected chi connectivity index (χ1v) is 8.81. The van der Waals surface area contributed by atoms with Crippen LogP contribution >= 0.6 is 0 Å². The van der Waals surface area contributed by atoms with Gasteiger partial charge in [0.25, 0.3) is 5.91 Å². The van der Waals surface area contributed by atoms with Crippen LogP contribution in [0.25, 0.3) is 22.1 Å². The molecule has 30 heavy (non-hydrogen) atoms. The number of nitro benzene ring substituents is 1. The van der Waals surface area contributed by atoms with Gasteiger partial charge >= 0.3 is 11.3 Å². The maximum atomic E-state index is 13.5. The molecule has 0 fully saturated rings. The number of anilines is 1. The van der Waals surface area contributed by atoms with Crippen LogP contribution in [0, 0.1) is 15.9 Å². The number of carbonyl (C=O) groups is 1. The van der Waals surface area contributed by atoms with Crippen molar-refractivity contribution in [2.75, 3.05) is 5.32 Å². The van der Waals surface area contributed by atoms with Crippen LogP contribution < -0.4 is 10.9 Å². The highest BCUT2D eigenvalue weighted by atomic mass is 19.1. The molecule has 1 aromatic heterocycles. The lowest BCUT2D eigenvalue weighted by atomic mass is 10.0. The number of halogens is 1. The zero-order chi connectivity index (χ0) is 21.3. The average molecular weight is 404 g/mol. The topological polar surface area (TPSA) is 102 Å². The van der Waals surface area contributed by atoms with E-state index in [9.17, 15) is 24.1 Å². The first-order valence-electron chi connectivity index (χ1n) is 8.81. The van der Waals surface area contributed by atoms with Gasteiger partial charge < -0.3 is 9.73 Å². The lowest BCUT2D eigenvalue weighted by Gasteiger charge is -2.08. The van der Waals surface area contributed by atoms with Crippen LogP contribution in [0.15, 0.2) is 82.0 Å². The van der Waals surface area contributed by atoms with Crippen LogP contribution in [0.3, 0.4) is 0 Å². The number of hydrogen-bond acceptors (Lipinski definition) is 5. The van der Waals surface area contributed by atoms with Gasteiger partial charge in [-0.15, -0.1) is 0 Å². The second-order valence-corrected chi connectivity index (χ2v) is 6.44. The number of fused-ring (bicyclic) bond motifs is 1. The Hall–Kier alpha value is -4.33. The quantitative estimate of drug-likeness (QED) is 0.300. The van der Waals surface area contributed by atoms with Crippen molar-refractivity contribution in [3.8, 4) is 11.1 Å². The van der Waals surface area contributed by atoms with Crippen molar-refractivity contribution in [1.82, 2.24) is 0 Å². The summed E-state index contributed by atoms with van der Waals surface area (Å²) in [5.74, 6) is -1.56. The van der Waals surface area contributed by atoms with Gasteiger partial charge in [0.05, 0.1) is 10.5 Å². The molecule has 4 aromatic rings. The molecule has 1 heterocycles. The first kappa shape index (κ1) is 19.0. The largest absolute Gasteiger partial charge is 0.422 e. The van der Waals surface area contributed by atoms with Crippen LogP contribution in [0.1, 0.15) is 10.4 Å². The van der Waals surface area contributed by atoms with E-state index in [1.165, 1.54) is 18.2 Å². The zero-order valence-corrected chi connectivity index (χ0v) is 15.3.